The first kappa shape index (κ1) is 12.6. The molecule has 0 aliphatic heterocycles. The van der Waals surface area contributed by atoms with Crippen molar-refractivity contribution in [3.05, 3.63) is 64.2 Å². The Kier molecular flexibility index (Phi) is 3.99. The average Bonchev–Trinajstić information content (AvgIpc) is 2.40. The summed E-state index contributed by atoms with van der Waals surface area (Å²) in [5.74, 6) is 0.830. The maximum absolute atomic E-state index is 10.6. The number of hydrogen-bond donors (Lipinski definition) is 1. The van der Waals surface area contributed by atoms with E-state index in [2.05, 4.69) is 24.8 Å². The van der Waals surface area contributed by atoms with Crippen LogP contribution in [0.4, 0.5) is 5.69 Å². The van der Waals surface area contributed by atoms with E-state index in [1.54, 1.807) is 12.1 Å². The molecule has 2 aromatic rings. The normalized spacial score (nSPS) is 10.3. The van der Waals surface area contributed by atoms with Gasteiger partial charge in [0.2, 0.25) is 0 Å². The summed E-state index contributed by atoms with van der Waals surface area (Å²) in [6.07, 6.45) is 0.948. The lowest BCUT2D eigenvalue weighted by atomic mass is 10.0. The Morgan fingerprint density at radius 1 is 0.944 bits per heavy atom. The van der Waals surface area contributed by atoms with Gasteiger partial charge in [0.25, 0.3) is 5.69 Å². The quantitative estimate of drug-likeness (QED) is 0.516. The Bertz CT molecular complexity index is 535. The second kappa shape index (κ2) is 5.69. The number of nitro groups is 1. The Morgan fingerprint density at radius 2 is 1.44 bits per heavy atom. The van der Waals surface area contributed by atoms with Gasteiger partial charge in [0, 0.05) is 12.1 Å². The molecule has 0 spiro atoms. The molecule has 0 N–H and O–H groups in total. The van der Waals surface area contributed by atoms with Gasteiger partial charge in [0.05, 0.1) is 4.92 Å². The zero-order valence-corrected chi connectivity index (χ0v) is 10.6. The Balaban J connectivity index is 2.23. The first-order chi connectivity index (χ1) is 8.70. The van der Waals surface area contributed by atoms with Crippen LogP contribution >= 0.6 is 12.6 Å². The molecule has 2 rings (SSSR count). The molecule has 0 bridgehead atoms. The number of nitrogens with zero attached hydrogens (tertiary/aromatic N) is 1. The molecule has 18 heavy (non-hydrogen) atoms. The van der Waals surface area contributed by atoms with Crippen LogP contribution < -0.4 is 0 Å². The highest BCUT2D eigenvalue weighted by Crippen LogP contribution is 2.22. The van der Waals surface area contributed by atoms with E-state index < -0.39 is 0 Å². The molecule has 0 unspecified atom stereocenters. The summed E-state index contributed by atoms with van der Waals surface area (Å²) in [5.41, 5.74) is 3.41. The van der Waals surface area contributed by atoms with E-state index in [1.165, 1.54) is 17.7 Å². The average molecular weight is 259 g/mol. The molecule has 0 saturated heterocycles. The fourth-order valence-corrected chi connectivity index (χ4v) is 2.03. The zero-order valence-electron chi connectivity index (χ0n) is 9.74. The van der Waals surface area contributed by atoms with Gasteiger partial charge in [-0.05, 0) is 41.0 Å². The first-order valence-electron chi connectivity index (χ1n) is 5.65. The van der Waals surface area contributed by atoms with Gasteiger partial charge in [0.15, 0.2) is 0 Å². The van der Waals surface area contributed by atoms with Crippen molar-refractivity contribution in [1.82, 2.24) is 0 Å². The summed E-state index contributed by atoms with van der Waals surface area (Å²) in [6, 6.07) is 14.8. The minimum atomic E-state index is -0.389. The molecule has 4 heteroatoms. The molecular formula is C14H13NO2S. The molecule has 0 fully saturated rings. The van der Waals surface area contributed by atoms with Crippen molar-refractivity contribution in [3.8, 4) is 11.1 Å². The van der Waals surface area contributed by atoms with Crippen molar-refractivity contribution in [2.75, 3.05) is 5.75 Å². The molecule has 0 aromatic heterocycles. The highest BCUT2D eigenvalue weighted by molar-refractivity contribution is 7.80. The van der Waals surface area contributed by atoms with E-state index >= 15 is 0 Å². The topological polar surface area (TPSA) is 43.1 Å². The molecule has 0 radical (unpaired) electrons. The number of thiol groups is 1. The summed E-state index contributed by atoms with van der Waals surface area (Å²) in [4.78, 5) is 10.2. The predicted octanol–water partition coefficient (Wildman–Crippen LogP) is 3.73. The molecule has 3 nitrogen and oxygen atoms in total. The Hall–Kier alpha value is -1.81. The highest BCUT2D eigenvalue weighted by atomic mass is 32.1. The van der Waals surface area contributed by atoms with Gasteiger partial charge in [-0.3, -0.25) is 10.1 Å². The van der Waals surface area contributed by atoms with Crippen molar-refractivity contribution >= 4 is 18.3 Å². The van der Waals surface area contributed by atoms with Crippen molar-refractivity contribution < 1.29 is 4.92 Å². The number of benzene rings is 2. The minimum Gasteiger partial charge on any atom is -0.258 e. The third-order valence-corrected chi connectivity index (χ3v) is 2.99. The second-order valence-corrected chi connectivity index (χ2v) is 4.42. The van der Waals surface area contributed by atoms with Crippen LogP contribution in [0.25, 0.3) is 11.1 Å². The van der Waals surface area contributed by atoms with Crippen LogP contribution in [-0.2, 0) is 6.42 Å². The van der Waals surface area contributed by atoms with Crippen molar-refractivity contribution in [1.29, 1.82) is 0 Å². The number of rotatable bonds is 4. The third-order valence-electron chi connectivity index (χ3n) is 2.77. The lowest BCUT2D eigenvalue weighted by Gasteiger charge is -2.03. The molecular weight excluding hydrogens is 246 g/mol. The summed E-state index contributed by atoms with van der Waals surface area (Å²) in [5, 5.41) is 10.6. The highest BCUT2D eigenvalue weighted by Gasteiger charge is 2.04. The van der Waals surface area contributed by atoms with E-state index in [1.807, 2.05) is 12.1 Å². The largest absolute Gasteiger partial charge is 0.269 e. The molecule has 0 saturated carbocycles. The monoisotopic (exact) mass is 259 g/mol. The summed E-state index contributed by atoms with van der Waals surface area (Å²) in [7, 11) is 0. The molecule has 0 aliphatic rings. The van der Waals surface area contributed by atoms with Crippen molar-refractivity contribution in [3.63, 3.8) is 0 Å². The van der Waals surface area contributed by atoms with E-state index in [-0.39, 0.29) is 10.6 Å². The summed E-state index contributed by atoms with van der Waals surface area (Å²) >= 11 is 4.19. The van der Waals surface area contributed by atoms with Crippen LogP contribution in [0.3, 0.4) is 0 Å². The first-order valence-corrected chi connectivity index (χ1v) is 6.28. The smallest absolute Gasteiger partial charge is 0.258 e. The maximum Gasteiger partial charge on any atom is 0.269 e. The second-order valence-electron chi connectivity index (χ2n) is 3.97. The van der Waals surface area contributed by atoms with Crippen molar-refractivity contribution in [2.45, 2.75) is 6.42 Å². The van der Waals surface area contributed by atoms with Crippen LogP contribution in [0.5, 0.6) is 0 Å². The van der Waals surface area contributed by atoms with Gasteiger partial charge in [-0.1, -0.05) is 24.3 Å². The summed E-state index contributed by atoms with van der Waals surface area (Å²) in [6.45, 7) is 0. The predicted molar refractivity (Wildman–Crippen MR) is 76.1 cm³/mol. The fraction of sp³-hybridized carbons (Fsp3) is 0.143. The van der Waals surface area contributed by atoms with Crippen molar-refractivity contribution in [2.24, 2.45) is 0 Å². The van der Waals surface area contributed by atoms with E-state index in [9.17, 15) is 10.1 Å². The molecule has 92 valence electrons. The number of aryl methyl sites for hydroxylation is 1. The van der Waals surface area contributed by atoms with Gasteiger partial charge in [0.1, 0.15) is 0 Å². The van der Waals surface area contributed by atoms with Gasteiger partial charge >= 0.3 is 0 Å². The van der Waals surface area contributed by atoms with Gasteiger partial charge < -0.3 is 0 Å². The molecule has 0 atom stereocenters. The Labute approximate surface area is 111 Å². The molecule has 0 heterocycles. The number of nitro benzene ring substituents is 1. The molecule has 0 amide bonds. The maximum atomic E-state index is 10.6. The van der Waals surface area contributed by atoms with Crippen LogP contribution in [0.1, 0.15) is 5.56 Å². The SMILES string of the molecule is O=[N+]([O-])c1ccc(-c2ccc(CCS)cc2)cc1. The van der Waals surface area contributed by atoms with E-state index in [0.29, 0.717) is 0 Å². The standard InChI is InChI=1S/C14H13NO2S/c16-15(17)14-7-5-13(6-8-14)12-3-1-11(2-4-12)9-10-18/h1-8,18H,9-10H2. The third kappa shape index (κ3) is 2.90. The van der Waals surface area contributed by atoms with E-state index in [0.717, 1.165) is 23.3 Å². The Morgan fingerprint density at radius 3 is 1.89 bits per heavy atom. The van der Waals surface area contributed by atoms with Crippen LogP contribution in [0.2, 0.25) is 0 Å². The van der Waals surface area contributed by atoms with Gasteiger partial charge in [-0.25, -0.2) is 0 Å². The van der Waals surface area contributed by atoms with E-state index in [4.69, 9.17) is 0 Å². The van der Waals surface area contributed by atoms with Crippen LogP contribution in [-0.4, -0.2) is 10.7 Å². The fourth-order valence-electron chi connectivity index (χ4n) is 1.77. The molecule has 2 aromatic carbocycles. The molecule has 0 aliphatic carbocycles. The van der Waals surface area contributed by atoms with Gasteiger partial charge in [-0.15, -0.1) is 0 Å². The minimum absolute atomic E-state index is 0.116. The van der Waals surface area contributed by atoms with Crippen LogP contribution in [0, 0.1) is 10.1 Å². The van der Waals surface area contributed by atoms with Gasteiger partial charge in [-0.2, -0.15) is 12.6 Å². The number of hydrogen-bond acceptors (Lipinski definition) is 3. The lowest BCUT2D eigenvalue weighted by Crippen LogP contribution is -1.88. The van der Waals surface area contributed by atoms with Crippen LogP contribution in [0.15, 0.2) is 48.5 Å². The zero-order chi connectivity index (χ0) is 13.0. The lowest BCUT2D eigenvalue weighted by molar-refractivity contribution is -0.384. The summed E-state index contributed by atoms with van der Waals surface area (Å²) < 4.78 is 0. The number of non-ortho nitro benzene ring substituents is 1.